The van der Waals surface area contributed by atoms with Gasteiger partial charge in [-0.25, -0.2) is 4.98 Å². The van der Waals surface area contributed by atoms with Gasteiger partial charge in [-0.05, 0) is 50.1 Å². The molecule has 1 aromatic rings. The van der Waals surface area contributed by atoms with Gasteiger partial charge in [-0.1, -0.05) is 0 Å². The standard InChI is InChI=1S/C14H19ClN2O3/c1-2-19-13(18)9-10-3-5-11(6-4-10)20-12-7-8-16-14(15)17-12/h7-8,10-11H,2-6,9H2,1H3/t10-,11-. The monoisotopic (exact) mass is 298 g/mol. The van der Waals surface area contributed by atoms with Crippen molar-refractivity contribution in [3.05, 3.63) is 17.5 Å². The van der Waals surface area contributed by atoms with Crippen LogP contribution in [0, 0.1) is 5.92 Å². The first-order valence-electron chi connectivity index (χ1n) is 6.98. The summed E-state index contributed by atoms with van der Waals surface area (Å²) in [6, 6.07) is 1.70. The number of rotatable bonds is 5. The summed E-state index contributed by atoms with van der Waals surface area (Å²) >= 11 is 5.72. The molecule has 0 bridgehead atoms. The van der Waals surface area contributed by atoms with Crippen molar-refractivity contribution in [3.8, 4) is 5.88 Å². The Morgan fingerprint density at radius 2 is 2.15 bits per heavy atom. The molecule has 1 heterocycles. The first kappa shape index (κ1) is 15.0. The van der Waals surface area contributed by atoms with E-state index in [0.29, 0.717) is 24.8 Å². The second-order valence-electron chi connectivity index (χ2n) is 4.93. The van der Waals surface area contributed by atoms with Gasteiger partial charge in [0, 0.05) is 18.7 Å². The second kappa shape index (κ2) is 7.43. The minimum Gasteiger partial charge on any atom is -0.474 e. The summed E-state index contributed by atoms with van der Waals surface area (Å²) in [7, 11) is 0. The van der Waals surface area contributed by atoms with Crippen molar-refractivity contribution in [2.75, 3.05) is 6.61 Å². The van der Waals surface area contributed by atoms with Gasteiger partial charge in [0.2, 0.25) is 11.2 Å². The predicted octanol–water partition coefficient (Wildman–Crippen LogP) is 3.02. The molecule has 6 heteroatoms. The first-order chi connectivity index (χ1) is 9.67. The third kappa shape index (κ3) is 4.63. The van der Waals surface area contributed by atoms with E-state index < -0.39 is 0 Å². The lowest BCUT2D eigenvalue weighted by molar-refractivity contribution is -0.144. The summed E-state index contributed by atoms with van der Waals surface area (Å²) in [5, 5.41) is 0.193. The molecule has 0 aromatic carbocycles. The van der Waals surface area contributed by atoms with Gasteiger partial charge in [0.25, 0.3) is 0 Å². The van der Waals surface area contributed by atoms with Crippen LogP contribution in [0.15, 0.2) is 12.3 Å². The Morgan fingerprint density at radius 1 is 1.40 bits per heavy atom. The molecule has 1 aliphatic rings. The van der Waals surface area contributed by atoms with Crippen LogP contribution in [-0.2, 0) is 9.53 Å². The molecule has 1 saturated carbocycles. The number of hydrogen-bond donors (Lipinski definition) is 0. The largest absolute Gasteiger partial charge is 0.474 e. The summed E-state index contributed by atoms with van der Waals surface area (Å²) in [6.07, 6.45) is 6.03. The first-order valence-corrected chi connectivity index (χ1v) is 7.36. The van der Waals surface area contributed by atoms with Crippen LogP contribution in [0.25, 0.3) is 0 Å². The highest BCUT2D eigenvalue weighted by molar-refractivity contribution is 6.28. The molecule has 110 valence electrons. The summed E-state index contributed by atoms with van der Waals surface area (Å²) in [6.45, 7) is 2.28. The maximum Gasteiger partial charge on any atom is 0.306 e. The lowest BCUT2D eigenvalue weighted by atomic mass is 9.85. The number of carbonyl (C=O) groups excluding carboxylic acids is 1. The third-order valence-corrected chi connectivity index (χ3v) is 3.62. The maximum absolute atomic E-state index is 11.4. The van der Waals surface area contributed by atoms with E-state index in [1.807, 2.05) is 6.92 Å². The average Bonchev–Trinajstić information content (AvgIpc) is 2.41. The van der Waals surface area contributed by atoms with Crippen LogP contribution in [0.1, 0.15) is 39.0 Å². The smallest absolute Gasteiger partial charge is 0.306 e. The van der Waals surface area contributed by atoms with Gasteiger partial charge in [0.05, 0.1) is 6.61 Å². The zero-order chi connectivity index (χ0) is 14.4. The van der Waals surface area contributed by atoms with Gasteiger partial charge in [-0.3, -0.25) is 4.79 Å². The van der Waals surface area contributed by atoms with Crippen LogP contribution in [0.3, 0.4) is 0 Å². The minimum atomic E-state index is -0.0977. The summed E-state index contributed by atoms with van der Waals surface area (Å²) in [4.78, 5) is 19.3. The molecule has 2 rings (SSSR count). The number of carbonyl (C=O) groups is 1. The fourth-order valence-electron chi connectivity index (χ4n) is 2.47. The molecule has 0 N–H and O–H groups in total. The highest BCUT2D eigenvalue weighted by Gasteiger charge is 2.24. The summed E-state index contributed by atoms with van der Waals surface area (Å²) < 4.78 is 10.8. The number of halogens is 1. The Labute approximate surface area is 123 Å². The molecule has 20 heavy (non-hydrogen) atoms. The van der Waals surface area contributed by atoms with Crippen LogP contribution in [0.5, 0.6) is 5.88 Å². The topological polar surface area (TPSA) is 61.3 Å². The summed E-state index contributed by atoms with van der Waals surface area (Å²) in [5.41, 5.74) is 0. The van der Waals surface area contributed by atoms with Crippen LogP contribution in [0.2, 0.25) is 5.28 Å². The molecule has 0 saturated heterocycles. The molecule has 0 unspecified atom stereocenters. The maximum atomic E-state index is 11.4. The van der Waals surface area contributed by atoms with Crippen molar-refractivity contribution in [3.63, 3.8) is 0 Å². The van der Waals surface area contributed by atoms with E-state index in [1.165, 1.54) is 0 Å². The van der Waals surface area contributed by atoms with Crippen molar-refractivity contribution in [1.29, 1.82) is 0 Å². The van der Waals surface area contributed by atoms with Gasteiger partial charge in [-0.15, -0.1) is 0 Å². The zero-order valence-corrected chi connectivity index (χ0v) is 12.3. The molecule has 1 aliphatic carbocycles. The molecule has 5 nitrogen and oxygen atoms in total. The predicted molar refractivity (Wildman–Crippen MR) is 74.7 cm³/mol. The van der Waals surface area contributed by atoms with E-state index in [0.717, 1.165) is 25.7 Å². The van der Waals surface area contributed by atoms with Crippen molar-refractivity contribution in [2.24, 2.45) is 5.92 Å². The van der Waals surface area contributed by atoms with Crippen LogP contribution in [-0.4, -0.2) is 28.6 Å². The zero-order valence-electron chi connectivity index (χ0n) is 11.5. The number of ether oxygens (including phenoxy) is 2. The van der Waals surface area contributed by atoms with Crippen molar-refractivity contribution >= 4 is 17.6 Å². The lowest BCUT2D eigenvalue weighted by Crippen LogP contribution is -2.26. The average molecular weight is 299 g/mol. The van der Waals surface area contributed by atoms with E-state index in [4.69, 9.17) is 21.1 Å². The van der Waals surface area contributed by atoms with Gasteiger partial charge in [0.15, 0.2) is 0 Å². The molecular weight excluding hydrogens is 280 g/mol. The molecule has 0 aliphatic heterocycles. The molecule has 0 atom stereocenters. The van der Waals surface area contributed by atoms with Crippen molar-refractivity contribution in [2.45, 2.75) is 45.1 Å². The van der Waals surface area contributed by atoms with E-state index in [9.17, 15) is 4.79 Å². The molecule has 0 amide bonds. The van der Waals surface area contributed by atoms with E-state index in [-0.39, 0.29) is 17.4 Å². The Balaban J connectivity index is 1.75. The Bertz CT molecular complexity index is 448. The van der Waals surface area contributed by atoms with Gasteiger partial charge in [0.1, 0.15) is 6.10 Å². The molecule has 1 aromatic heterocycles. The van der Waals surface area contributed by atoms with Gasteiger partial charge >= 0.3 is 5.97 Å². The number of esters is 1. The number of nitrogens with zero attached hydrogens (tertiary/aromatic N) is 2. The minimum absolute atomic E-state index is 0.0977. The molecule has 1 fully saturated rings. The van der Waals surface area contributed by atoms with E-state index in [2.05, 4.69) is 9.97 Å². The lowest BCUT2D eigenvalue weighted by Gasteiger charge is -2.28. The highest BCUT2D eigenvalue weighted by atomic mass is 35.5. The van der Waals surface area contributed by atoms with Crippen LogP contribution in [0.4, 0.5) is 0 Å². The number of aromatic nitrogens is 2. The Hall–Kier alpha value is -1.36. The second-order valence-corrected chi connectivity index (χ2v) is 5.27. The quantitative estimate of drug-likeness (QED) is 0.617. The SMILES string of the molecule is CCOC(=O)C[C@H]1CC[C@H](Oc2ccnc(Cl)n2)CC1. The molecule has 0 radical (unpaired) electrons. The Kier molecular flexibility index (Phi) is 5.59. The Morgan fingerprint density at radius 3 is 2.80 bits per heavy atom. The highest BCUT2D eigenvalue weighted by Crippen LogP contribution is 2.29. The van der Waals surface area contributed by atoms with Crippen molar-refractivity contribution < 1.29 is 14.3 Å². The molecular formula is C14H19ClN2O3. The summed E-state index contributed by atoms with van der Waals surface area (Å²) in [5.74, 6) is 0.821. The third-order valence-electron chi connectivity index (χ3n) is 3.44. The van der Waals surface area contributed by atoms with E-state index >= 15 is 0 Å². The fourth-order valence-corrected chi connectivity index (χ4v) is 2.61. The van der Waals surface area contributed by atoms with E-state index in [1.54, 1.807) is 12.3 Å². The van der Waals surface area contributed by atoms with Crippen LogP contribution < -0.4 is 4.74 Å². The fraction of sp³-hybridized carbons (Fsp3) is 0.643. The van der Waals surface area contributed by atoms with Gasteiger partial charge in [-0.2, -0.15) is 4.98 Å². The molecule has 0 spiro atoms. The van der Waals surface area contributed by atoms with Crippen LogP contribution >= 0.6 is 11.6 Å². The number of hydrogen-bond acceptors (Lipinski definition) is 5. The van der Waals surface area contributed by atoms with Gasteiger partial charge < -0.3 is 9.47 Å². The normalized spacial score (nSPS) is 22.3. The van der Waals surface area contributed by atoms with Crippen molar-refractivity contribution in [1.82, 2.24) is 9.97 Å².